The molecule has 96 valence electrons. The van der Waals surface area contributed by atoms with E-state index in [1.165, 1.54) is 5.56 Å². The highest BCUT2D eigenvalue weighted by molar-refractivity contribution is 5.28. The summed E-state index contributed by atoms with van der Waals surface area (Å²) in [4.78, 5) is 4.27. The van der Waals surface area contributed by atoms with Crippen LogP contribution in [0.2, 0.25) is 0 Å². The number of aromatic nitrogens is 2. The molecule has 0 saturated heterocycles. The highest BCUT2D eigenvalue weighted by Crippen LogP contribution is 2.13. The van der Waals surface area contributed by atoms with Gasteiger partial charge in [-0.15, -0.1) is 0 Å². The fraction of sp³-hybridized carbons (Fsp3) is 0.357. The van der Waals surface area contributed by atoms with Crippen LogP contribution in [-0.4, -0.2) is 23.2 Å². The molecular formula is C14H19N3O. The van der Waals surface area contributed by atoms with E-state index >= 15 is 0 Å². The van der Waals surface area contributed by atoms with Gasteiger partial charge in [-0.3, -0.25) is 0 Å². The number of imidazole rings is 1. The van der Waals surface area contributed by atoms with Gasteiger partial charge in [-0.05, 0) is 24.7 Å². The number of rotatable bonds is 6. The second-order valence-corrected chi connectivity index (χ2v) is 4.23. The summed E-state index contributed by atoms with van der Waals surface area (Å²) >= 11 is 0. The molecule has 0 aliphatic carbocycles. The summed E-state index contributed by atoms with van der Waals surface area (Å²) in [7, 11) is 3.93. The van der Waals surface area contributed by atoms with Crippen LogP contribution in [0.5, 0.6) is 5.75 Å². The lowest BCUT2D eigenvalue weighted by Gasteiger charge is -2.08. The zero-order valence-corrected chi connectivity index (χ0v) is 10.9. The number of nitrogens with one attached hydrogen (secondary N) is 1. The van der Waals surface area contributed by atoms with Gasteiger partial charge < -0.3 is 14.6 Å². The minimum Gasteiger partial charge on any atom is -0.493 e. The number of hydrogen-bond donors (Lipinski definition) is 1. The fourth-order valence-electron chi connectivity index (χ4n) is 1.85. The van der Waals surface area contributed by atoms with Gasteiger partial charge in [-0.1, -0.05) is 12.1 Å². The van der Waals surface area contributed by atoms with Crippen LogP contribution in [0.3, 0.4) is 0 Å². The Morgan fingerprint density at radius 1 is 1.39 bits per heavy atom. The molecule has 1 aromatic heterocycles. The molecule has 0 atom stereocenters. The van der Waals surface area contributed by atoms with E-state index in [2.05, 4.69) is 22.4 Å². The molecule has 18 heavy (non-hydrogen) atoms. The van der Waals surface area contributed by atoms with Gasteiger partial charge in [0.15, 0.2) is 0 Å². The normalized spacial score (nSPS) is 10.6. The van der Waals surface area contributed by atoms with Crippen LogP contribution in [0.1, 0.15) is 11.4 Å². The molecule has 0 amide bonds. The smallest absolute Gasteiger partial charge is 0.119 e. The van der Waals surface area contributed by atoms with E-state index in [1.807, 2.05) is 43.2 Å². The molecule has 0 radical (unpaired) electrons. The van der Waals surface area contributed by atoms with Gasteiger partial charge in [0.25, 0.3) is 0 Å². The Bertz CT molecular complexity index is 493. The maximum Gasteiger partial charge on any atom is 0.119 e. The first-order valence-electron chi connectivity index (χ1n) is 6.12. The van der Waals surface area contributed by atoms with Crippen molar-refractivity contribution in [3.63, 3.8) is 0 Å². The summed E-state index contributed by atoms with van der Waals surface area (Å²) in [5.41, 5.74) is 1.23. The highest BCUT2D eigenvalue weighted by atomic mass is 16.5. The first kappa shape index (κ1) is 12.6. The van der Waals surface area contributed by atoms with Crippen LogP contribution in [0.15, 0.2) is 36.7 Å². The first-order valence-corrected chi connectivity index (χ1v) is 6.12. The zero-order valence-electron chi connectivity index (χ0n) is 10.9. The van der Waals surface area contributed by atoms with E-state index in [4.69, 9.17) is 4.74 Å². The molecule has 0 bridgehead atoms. The molecule has 1 N–H and O–H groups in total. The summed E-state index contributed by atoms with van der Waals surface area (Å²) in [5, 5.41) is 3.13. The molecule has 0 spiro atoms. The highest BCUT2D eigenvalue weighted by Gasteiger charge is 2.00. The standard InChI is InChI=1S/C14H19N3O/c1-15-11-12-4-3-5-13(10-12)18-9-6-14-16-7-8-17(14)2/h3-5,7-8,10,15H,6,9,11H2,1-2H3. The van der Waals surface area contributed by atoms with Crippen LogP contribution in [0, 0.1) is 0 Å². The Morgan fingerprint density at radius 3 is 3.00 bits per heavy atom. The number of ether oxygens (including phenoxy) is 1. The van der Waals surface area contributed by atoms with Gasteiger partial charge in [0, 0.05) is 32.4 Å². The largest absolute Gasteiger partial charge is 0.493 e. The molecule has 0 aliphatic rings. The van der Waals surface area contributed by atoms with E-state index in [-0.39, 0.29) is 0 Å². The van der Waals surface area contributed by atoms with Crippen LogP contribution in [-0.2, 0) is 20.0 Å². The van der Waals surface area contributed by atoms with Crippen molar-refractivity contribution in [3.05, 3.63) is 48.0 Å². The van der Waals surface area contributed by atoms with E-state index in [9.17, 15) is 0 Å². The third-order valence-electron chi connectivity index (χ3n) is 2.79. The third-order valence-corrected chi connectivity index (χ3v) is 2.79. The van der Waals surface area contributed by atoms with Crippen molar-refractivity contribution < 1.29 is 4.74 Å². The minimum absolute atomic E-state index is 0.647. The topological polar surface area (TPSA) is 39.1 Å². The molecule has 1 aromatic carbocycles. The molecule has 0 fully saturated rings. The van der Waals surface area contributed by atoms with Gasteiger partial charge in [0.05, 0.1) is 6.61 Å². The Hall–Kier alpha value is -1.81. The Morgan fingerprint density at radius 2 is 2.28 bits per heavy atom. The van der Waals surface area contributed by atoms with Crippen molar-refractivity contribution in [2.24, 2.45) is 7.05 Å². The van der Waals surface area contributed by atoms with Crippen LogP contribution < -0.4 is 10.1 Å². The SMILES string of the molecule is CNCc1cccc(OCCc2nccn2C)c1. The average molecular weight is 245 g/mol. The van der Waals surface area contributed by atoms with Crippen molar-refractivity contribution in [1.82, 2.24) is 14.9 Å². The van der Waals surface area contributed by atoms with Crippen molar-refractivity contribution in [2.45, 2.75) is 13.0 Å². The van der Waals surface area contributed by atoms with E-state index in [0.29, 0.717) is 6.61 Å². The summed E-state index contributed by atoms with van der Waals surface area (Å²) in [5.74, 6) is 1.96. The molecule has 4 nitrogen and oxygen atoms in total. The Kier molecular flexibility index (Phi) is 4.36. The molecule has 2 rings (SSSR count). The van der Waals surface area contributed by atoms with Gasteiger partial charge in [-0.25, -0.2) is 4.98 Å². The van der Waals surface area contributed by atoms with Crippen molar-refractivity contribution in [1.29, 1.82) is 0 Å². The third kappa shape index (κ3) is 3.34. The van der Waals surface area contributed by atoms with Crippen LogP contribution in [0.25, 0.3) is 0 Å². The zero-order chi connectivity index (χ0) is 12.8. The number of aryl methyl sites for hydroxylation is 1. The maximum atomic E-state index is 5.74. The predicted molar refractivity (Wildman–Crippen MR) is 71.6 cm³/mol. The van der Waals surface area contributed by atoms with Gasteiger partial charge in [0.2, 0.25) is 0 Å². The van der Waals surface area contributed by atoms with Gasteiger partial charge in [-0.2, -0.15) is 0 Å². The molecule has 0 aliphatic heterocycles. The lowest BCUT2D eigenvalue weighted by Crippen LogP contribution is -2.07. The van der Waals surface area contributed by atoms with Gasteiger partial charge >= 0.3 is 0 Å². The van der Waals surface area contributed by atoms with Crippen molar-refractivity contribution in [3.8, 4) is 5.75 Å². The predicted octanol–water partition coefficient (Wildman–Crippen LogP) is 1.76. The maximum absolute atomic E-state index is 5.74. The summed E-state index contributed by atoms with van der Waals surface area (Å²) in [6.45, 7) is 1.50. The van der Waals surface area contributed by atoms with Crippen molar-refractivity contribution in [2.75, 3.05) is 13.7 Å². The molecule has 1 heterocycles. The summed E-state index contributed by atoms with van der Waals surface area (Å²) in [6.07, 6.45) is 4.57. The molecular weight excluding hydrogens is 226 g/mol. The number of hydrogen-bond acceptors (Lipinski definition) is 3. The van der Waals surface area contributed by atoms with Gasteiger partial charge in [0.1, 0.15) is 11.6 Å². The lowest BCUT2D eigenvalue weighted by atomic mass is 10.2. The first-order chi connectivity index (χ1) is 8.79. The van der Waals surface area contributed by atoms with E-state index < -0.39 is 0 Å². The monoisotopic (exact) mass is 245 g/mol. The molecule has 4 heteroatoms. The quantitative estimate of drug-likeness (QED) is 0.843. The Balaban J connectivity index is 1.86. The van der Waals surface area contributed by atoms with E-state index in [0.717, 1.165) is 24.5 Å². The second kappa shape index (κ2) is 6.21. The molecule has 2 aromatic rings. The van der Waals surface area contributed by atoms with Crippen LogP contribution >= 0.6 is 0 Å². The summed E-state index contributed by atoms with van der Waals surface area (Å²) in [6, 6.07) is 8.15. The fourth-order valence-corrected chi connectivity index (χ4v) is 1.85. The van der Waals surface area contributed by atoms with Crippen molar-refractivity contribution >= 4 is 0 Å². The second-order valence-electron chi connectivity index (χ2n) is 4.23. The van der Waals surface area contributed by atoms with E-state index in [1.54, 1.807) is 0 Å². The molecule has 0 unspecified atom stereocenters. The Labute approximate surface area is 108 Å². The lowest BCUT2D eigenvalue weighted by molar-refractivity contribution is 0.317. The minimum atomic E-state index is 0.647. The number of nitrogens with zero attached hydrogens (tertiary/aromatic N) is 2. The van der Waals surface area contributed by atoms with Crippen LogP contribution in [0.4, 0.5) is 0 Å². The summed E-state index contributed by atoms with van der Waals surface area (Å²) < 4.78 is 7.75. The number of benzene rings is 1. The average Bonchev–Trinajstić information content (AvgIpc) is 2.76. The molecule has 0 saturated carbocycles.